The van der Waals surface area contributed by atoms with Crippen LogP contribution >= 0.6 is 0 Å². The summed E-state index contributed by atoms with van der Waals surface area (Å²) in [6.45, 7) is 9.71. The van der Waals surface area contributed by atoms with Crippen molar-refractivity contribution in [3.8, 4) is 0 Å². The zero-order valence-electron chi connectivity index (χ0n) is 12.1. The molecule has 18 heavy (non-hydrogen) atoms. The predicted octanol–water partition coefficient (Wildman–Crippen LogP) is 4.00. The quantitative estimate of drug-likeness (QED) is 0.724. The van der Waals surface area contributed by atoms with E-state index in [4.69, 9.17) is 0 Å². The summed E-state index contributed by atoms with van der Waals surface area (Å²) in [5.41, 5.74) is 1.36. The van der Waals surface area contributed by atoms with Crippen LogP contribution in [-0.2, 0) is 0 Å². The van der Waals surface area contributed by atoms with Gasteiger partial charge in [0.2, 0.25) is 0 Å². The molecule has 0 spiro atoms. The van der Waals surface area contributed by atoms with Crippen molar-refractivity contribution in [2.24, 2.45) is 29.6 Å². The third kappa shape index (κ3) is 2.27. The molecule has 4 fully saturated rings. The first-order valence-corrected chi connectivity index (χ1v) is 8.05. The zero-order chi connectivity index (χ0) is 12.7. The van der Waals surface area contributed by atoms with E-state index in [2.05, 4.69) is 25.7 Å². The molecular weight excluding hydrogens is 218 g/mol. The molecule has 4 aliphatic rings. The van der Waals surface area contributed by atoms with Gasteiger partial charge in [0.15, 0.2) is 0 Å². The van der Waals surface area contributed by atoms with E-state index in [9.17, 15) is 0 Å². The summed E-state index contributed by atoms with van der Waals surface area (Å²) in [4.78, 5) is 0. The van der Waals surface area contributed by atoms with Gasteiger partial charge in [-0.05, 0) is 81.6 Å². The van der Waals surface area contributed by atoms with E-state index in [-0.39, 0.29) is 0 Å². The Bertz CT molecular complexity index is 292. The first kappa shape index (κ1) is 12.7. The minimum absolute atomic E-state index is 0.711. The molecule has 0 amide bonds. The lowest BCUT2D eigenvalue weighted by molar-refractivity contribution is -0.0514. The Morgan fingerprint density at radius 3 is 2.11 bits per heavy atom. The standard InChI is InChI=1S/C17H29N/c1-4-18-16(5-11(2)3)17-14-7-12-6-13(9-14)10-15(17)8-12/h12-18H,2,4-10H2,1,3H3. The SMILES string of the molecule is C=C(C)CC(NCC)C1C2CC3CC(C2)CC1C3. The molecule has 1 N–H and O–H groups in total. The third-order valence-corrected chi connectivity index (χ3v) is 5.80. The van der Waals surface area contributed by atoms with Gasteiger partial charge in [0, 0.05) is 6.04 Å². The van der Waals surface area contributed by atoms with E-state index in [1.54, 1.807) is 6.42 Å². The second-order valence-electron chi connectivity index (χ2n) is 7.33. The monoisotopic (exact) mass is 247 g/mol. The molecule has 0 aromatic carbocycles. The van der Waals surface area contributed by atoms with Crippen molar-refractivity contribution in [3.05, 3.63) is 12.2 Å². The molecule has 0 saturated heterocycles. The first-order valence-electron chi connectivity index (χ1n) is 8.05. The highest BCUT2D eigenvalue weighted by Gasteiger charge is 2.50. The van der Waals surface area contributed by atoms with Crippen molar-refractivity contribution in [3.63, 3.8) is 0 Å². The van der Waals surface area contributed by atoms with Crippen molar-refractivity contribution in [2.45, 2.75) is 58.4 Å². The Labute approximate surface area is 112 Å². The second kappa shape index (κ2) is 5.00. The van der Waals surface area contributed by atoms with Crippen LogP contribution in [0.1, 0.15) is 52.4 Å². The summed E-state index contributed by atoms with van der Waals surface area (Å²) in [5.74, 6) is 5.20. The van der Waals surface area contributed by atoms with Gasteiger partial charge < -0.3 is 5.32 Å². The van der Waals surface area contributed by atoms with E-state index in [1.807, 2.05) is 0 Å². The highest BCUT2D eigenvalue weighted by molar-refractivity contribution is 5.04. The smallest absolute Gasteiger partial charge is 0.0137 e. The van der Waals surface area contributed by atoms with Crippen molar-refractivity contribution < 1.29 is 0 Å². The molecule has 4 aliphatic carbocycles. The first-order chi connectivity index (χ1) is 8.67. The van der Waals surface area contributed by atoms with Crippen LogP contribution < -0.4 is 5.32 Å². The summed E-state index contributed by atoms with van der Waals surface area (Å²) in [6, 6.07) is 0.711. The third-order valence-electron chi connectivity index (χ3n) is 5.80. The molecule has 1 atom stereocenters. The number of hydrogen-bond acceptors (Lipinski definition) is 1. The molecule has 0 heterocycles. The van der Waals surface area contributed by atoms with Gasteiger partial charge in [-0.1, -0.05) is 12.5 Å². The fraction of sp³-hybridized carbons (Fsp3) is 0.882. The molecule has 0 aliphatic heterocycles. The van der Waals surface area contributed by atoms with E-state index in [1.165, 1.54) is 37.7 Å². The largest absolute Gasteiger partial charge is 0.314 e. The molecular formula is C17H29N. The average molecular weight is 247 g/mol. The van der Waals surface area contributed by atoms with Gasteiger partial charge in [0.05, 0.1) is 0 Å². The Balaban J connectivity index is 1.75. The Morgan fingerprint density at radius 2 is 1.67 bits per heavy atom. The number of hydrogen-bond donors (Lipinski definition) is 1. The molecule has 0 aromatic rings. The molecule has 4 bridgehead atoms. The molecule has 0 aromatic heterocycles. The van der Waals surface area contributed by atoms with Crippen molar-refractivity contribution >= 4 is 0 Å². The van der Waals surface area contributed by atoms with E-state index < -0.39 is 0 Å². The van der Waals surface area contributed by atoms with Crippen LogP contribution in [0.4, 0.5) is 0 Å². The maximum Gasteiger partial charge on any atom is 0.0137 e. The van der Waals surface area contributed by atoms with Crippen molar-refractivity contribution in [1.82, 2.24) is 5.32 Å². The maximum absolute atomic E-state index is 4.15. The summed E-state index contributed by atoms with van der Waals surface area (Å²) in [5, 5.41) is 3.78. The van der Waals surface area contributed by atoms with Gasteiger partial charge in [-0.25, -0.2) is 0 Å². The lowest BCUT2D eigenvalue weighted by Crippen LogP contribution is -2.53. The van der Waals surface area contributed by atoms with Gasteiger partial charge in [-0.15, -0.1) is 6.58 Å². The van der Waals surface area contributed by atoms with Crippen LogP contribution in [0, 0.1) is 29.6 Å². The van der Waals surface area contributed by atoms with Gasteiger partial charge in [-0.3, -0.25) is 0 Å². The summed E-state index contributed by atoms with van der Waals surface area (Å²) < 4.78 is 0. The summed E-state index contributed by atoms with van der Waals surface area (Å²) in [7, 11) is 0. The summed E-state index contributed by atoms with van der Waals surface area (Å²) >= 11 is 0. The lowest BCUT2D eigenvalue weighted by Gasteiger charge is -2.56. The van der Waals surface area contributed by atoms with E-state index in [0.717, 1.165) is 36.1 Å². The van der Waals surface area contributed by atoms with Crippen LogP contribution in [0.3, 0.4) is 0 Å². The molecule has 1 heteroatoms. The van der Waals surface area contributed by atoms with Crippen LogP contribution in [0.25, 0.3) is 0 Å². The maximum atomic E-state index is 4.15. The molecule has 1 nitrogen and oxygen atoms in total. The van der Waals surface area contributed by atoms with Crippen molar-refractivity contribution in [2.75, 3.05) is 6.54 Å². The Kier molecular flexibility index (Phi) is 3.53. The van der Waals surface area contributed by atoms with Crippen LogP contribution in [0.5, 0.6) is 0 Å². The van der Waals surface area contributed by atoms with Crippen LogP contribution in [0.15, 0.2) is 12.2 Å². The van der Waals surface area contributed by atoms with E-state index >= 15 is 0 Å². The van der Waals surface area contributed by atoms with Crippen LogP contribution in [-0.4, -0.2) is 12.6 Å². The number of nitrogens with one attached hydrogen (secondary N) is 1. The van der Waals surface area contributed by atoms with Gasteiger partial charge in [0.25, 0.3) is 0 Å². The predicted molar refractivity (Wildman–Crippen MR) is 77.4 cm³/mol. The zero-order valence-corrected chi connectivity index (χ0v) is 12.1. The minimum Gasteiger partial charge on any atom is -0.314 e. The lowest BCUT2D eigenvalue weighted by atomic mass is 9.50. The second-order valence-corrected chi connectivity index (χ2v) is 7.33. The fourth-order valence-corrected chi connectivity index (χ4v) is 5.61. The minimum atomic E-state index is 0.711. The molecule has 1 unspecified atom stereocenters. The Morgan fingerprint density at radius 1 is 1.11 bits per heavy atom. The highest BCUT2D eigenvalue weighted by atomic mass is 14.9. The van der Waals surface area contributed by atoms with Gasteiger partial charge >= 0.3 is 0 Å². The van der Waals surface area contributed by atoms with Gasteiger partial charge in [0.1, 0.15) is 0 Å². The van der Waals surface area contributed by atoms with Gasteiger partial charge in [-0.2, -0.15) is 0 Å². The molecule has 0 radical (unpaired) electrons. The Hall–Kier alpha value is -0.300. The highest BCUT2D eigenvalue weighted by Crippen LogP contribution is 2.57. The molecule has 4 saturated carbocycles. The molecule has 4 rings (SSSR count). The number of rotatable bonds is 5. The normalized spacial score (nSPS) is 43.1. The summed E-state index contributed by atoms with van der Waals surface area (Å²) in [6.07, 6.45) is 8.91. The van der Waals surface area contributed by atoms with Crippen LogP contribution in [0.2, 0.25) is 0 Å². The van der Waals surface area contributed by atoms with Crippen molar-refractivity contribution in [1.29, 1.82) is 0 Å². The fourth-order valence-electron chi connectivity index (χ4n) is 5.61. The topological polar surface area (TPSA) is 12.0 Å². The molecule has 102 valence electrons. The average Bonchev–Trinajstić information content (AvgIpc) is 2.26. The van der Waals surface area contributed by atoms with E-state index in [0.29, 0.717) is 6.04 Å².